The van der Waals surface area contributed by atoms with Crippen LogP contribution in [-0.2, 0) is 9.47 Å². The SMILES string of the molecule is CCOCCN(CCOCC)CC(N)c1cccc(C)c1. The van der Waals surface area contributed by atoms with Crippen LogP contribution in [0.3, 0.4) is 0 Å². The zero-order chi connectivity index (χ0) is 15.5. The third-order valence-electron chi connectivity index (χ3n) is 3.44. The average Bonchev–Trinajstić information content (AvgIpc) is 2.47. The number of hydrogen-bond acceptors (Lipinski definition) is 4. The van der Waals surface area contributed by atoms with Crippen LogP contribution in [0.15, 0.2) is 24.3 Å². The number of aryl methyl sites for hydroxylation is 1. The minimum Gasteiger partial charge on any atom is -0.380 e. The molecular weight excluding hydrogens is 264 g/mol. The van der Waals surface area contributed by atoms with Crippen molar-refractivity contribution in [3.8, 4) is 0 Å². The van der Waals surface area contributed by atoms with Gasteiger partial charge in [0.15, 0.2) is 0 Å². The molecule has 1 aromatic carbocycles. The summed E-state index contributed by atoms with van der Waals surface area (Å²) in [6, 6.07) is 8.44. The third-order valence-corrected chi connectivity index (χ3v) is 3.44. The Kier molecular flexibility index (Phi) is 9.26. The summed E-state index contributed by atoms with van der Waals surface area (Å²) in [6.07, 6.45) is 0. The summed E-state index contributed by atoms with van der Waals surface area (Å²) < 4.78 is 10.9. The zero-order valence-electron chi connectivity index (χ0n) is 13.7. The largest absolute Gasteiger partial charge is 0.380 e. The summed E-state index contributed by atoms with van der Waals surface area (Å²) in [5.74, 6) is 0. The Morgan fingerprint density at radius 1 is 1.10 bits per heavy atom. The van der Waals surface area contributed by atoms with Crippen molar-refractivity contribution in [1.82, 2.24) is 4.90 Å². The van der Waals surface area contributed by atoms with Crippen LogP contribution in [0.4, 0.5) is 0 Å². The van der Waals surface area contributed by atoms with Crippen LogP contribution in [0.5, 0.6) is 0 Å². The molecule has 4 nitrogen and oxygen atoms in total. The summed E-state index contributed by atoms with van der Waals surface area (Å²) in [5, 5.41) is 0. The highest BCUT2D eigenvalue weighted by atomic mass is 16.5. The van der Waals surface area contributed by atoms with E-state index in [1.807, 2.05) is 13.8 Å². The normalized spacial score (nSPS) is 12.8. The second-order valence-electron chi connectivity index (χ2n) is 5.22. The molecule has 0 amide bonds. The van der Waals surface area contributed by atoms with Crippen molar-refractivity contribution in [1.29, 1.82) is 0 Å². The van der Waals surface area contributed by atoms with Crippen LogP contribution in [0, 0.1) is 6.92 Å². The maximum Gasteiger partial charge on any atom is 0.0593 e. The first-order valence-corrected chi connectivity index (χ1v) is 7.87. The van der Waals surface area contributed by atoms with Crippen molar-refractivity contribution in [3.05, 3.63) is 35.4 Å². The molecule has 2 N–H and O–H groups in total. The molecule has 0 aliphatic carbocycles. The molecule has 0 heterocycles. The molecule has 4 heteroatoms. The Morgan fingerprint density at radius 2 is 1.71 bits per heavy atom. The van der Waals surface area contributed by atoms with E-state index in [9.17, 15) is 0 Å². The van der Waals surface area contributed by atoms with Crippen molar-refractivity contribution in [2.75, 3.05) is 46.1 Å². The molecule has 0 saturated heterocycles. The van der Waals surface area contributed by atoms with Gasteiger partial charge in [-0.05, 0) is 26.3 Å². The Hall–Kier alpha value is -0.940. The van der Waals surface area contributed by atoms with E-state index < -0.39 is 0 Å². The monoisotopic (exact) mass is 294 g/mol. The lowest BCUT2D eigenvalue weighted by Crippen LogP contribution is -2.37. The minimum absolute atomic E-state index is 0.0214. The number of nitrogens with two attached hydrogens (primary N) is 1. The average molecular weight is 294 g/mol. The van der Waals surface area contributed by atoms with Crippen LogP contribution in [0.25, 0.3) is 0 Å². The van der Waals surface area contributed by atoms with Gasteiger partial charge in [0, 0.05) is 38.9 Å². The summed E-state index contributed by atoms with van der Waals surface area (Å²) >= 11 is 0. The molecule has 0 aromatic heterocycles. The predicted molar refractivity (Wildman–Crippen MR) is 87.5 cm³/mol. The molecule has 0 saturated carbocycles. The quantitative estimate of drug-likeness (QED) is 0.637. The fourth-order valence-electron chi connectivity index (χ4n) is 2.25. The number of rotatable bonds is 11. The predicted octanol–water partition coefficient (Wildman–Crippen LogP) is 2.37. The molecule has 1 rings (SSSR count). The summed E-state index contributed by atoms with van der Waals surface area (Å²) in [4.78, 5) is 2.32. The van der Waals surface area contributed by atoms with Gasteiger partial charge in [0.25, 0.3) is 0 Å². The Bertz CT molecular complexity index is 375. The van der Waals surface area contributed by atoms with Gasteiger partial charge in [-0.15, -0.1) is 0 Å². The second-order valence-corrected chi connectivity index (χ2v) is 5.22. The van der Waals surface area contributed by atoms with Crippen LogP contribution in [0.1, 0.15) is 31.0 Å². The molecule has 21 heavy (non-hydrogen) atoms. The van der Waals surface area contributed by atoms with Gasteiger partial charge in [-0.25, -0.2) is 0 Å². The number of ether oxygens (including phenoxy) is 2. The van der Waals surface area contributed by atoms with E-state index in [0.29, 0.717) is 0 Å². The van der Waals surface area contributed by atoms with Gasteiger partial charge in [-0.1, -0.05) is 29.8 Å². The van der Waals surface area contributed by atoms with E-state index in [2.05, 4.69) is 36.1 Å². The van der Waals surface area contributed by atoms with Gasteiger partial charge in [0.05, 0.1) is 13.2 Å². The zero-order valence-corrected chi connectivity index (χ0v) is 13.7. The number of benzene rings is 1. The maximum atomic E-state index is 6.35. The summed E-state index contributed by atoms with van der Waals surface area (Å²) in [6.45, 7) is 11.7. The van der Waals surface area contributed by atoms with Gasteiger partial charge >= 0.3 is 0 Å². The van der Waals surface area contributed by atoms with E-state index in [-0.39, 0.29) is 6.04 Å². The molecular formula is C17H30N2O2. The highest BCUT2D eigenvalue weighted by Gasteiger charge is 2.12. The molecule has 1 unspecified atom stereocenters. The lowest BCUT2D eigenvalue weighted by atomic mass is 10.0. The summed E-state index contributed by atoms with van der Waals surface area (Å²) in [7, 11) is 0. The first kappa shape index (κ1) is 18.1. The molecule has 0 fully saturated rings. The lowest BCUT2D eigenvalue weighted by Gasteiger charge is -2.25. The van der Waals surface area contributed by atoms with Gasteiger partial charge in [-0.3, -0.25) is 4.90 Å². The van der Waals surface area contributed by atoms with Gasteiger partial charge < -0.3 is 15.2 Å². The van der Waals surface area contributed by atoms with Crippen LogP contribution in [0.2, 0.25) is 0 Å². The van der Waals surface area contributed by atoms with Crippen molar-refractivity contribution in [2.24, 2.45) is 5.73 Å². The van der Waals surface area contributed by atoms with Crippen molar-refractivity contribution >= 4 is 0 Å². The molecule has 0 aliphatic heterocycles. The molecule has 120 valence electrons. The molecule has 0 aliphatic rings. The molecule has 1 atom stereocenters. The third kappa shape index (κ3) is 7.58. The fraction of sp³-hybridized carbons (Fsp3) is 0.647. The van der Waals surface area contributed by atoms with E-state index in [1.54, 1.807) is 0 Å². The van der Waals surface area contributed by atoms with E-state index >= 15 is 0 Å². The van der Waals surface area contributed by atoms with Crippen LogP contribution >= 0.6 is 0 Å². The van der Waals surface area contributed by atoms with Crippen molar-refractivity contribution in [3.63, 3.8) is 0 Å². The lowest BCUT2D eigenvalue weighted by molar-refractivity contribution is 0.0802. The first-order valence-electron chi connectivity index (χ1n) is 7.87. The fourth-order valence-corrected chi connectivity index (χ4v) is 2.25. The minimum atomic E-state index is 0.0214. The first-order chi connectivity index (χ1) is 10.2. The molecule has 0 radical (unpaired) electrons. The Labute approximate surface area is 129 Å². The molecule has 0 spiro atoms. The van der Waals surface area contributed by atoms with Crippen molar-refractivity contribution < 1.29 is 9.47 Å². The van der Waals surface area contributed by atoms with Crippen LogP contribution in [-0.4, -0.2) is 51.0 Å². The van der Waals surface area contributed by atoms with Crippen molar-refractivity contribution in [2.45, 2.75) is 26.8 Å². The number of nitrogens with zero attached hydrogens (tertiary/aromatic N) is 1. The van der Waals surface area contributed by atoms with Gasteiger partial charge in [-0.2, -0.15) is 0 Å². The molecule has 0 bridgehead atoms. The van der Waals surface area contributed by atoms with E-state index in [1.165, 1.54) is 11.1 Å². The van der Waals surface area contributed by atoms with Crippen LogP contribution < -0.4 is 5.73 Å². The van der Waals surface area contributed by atoms with Gasteiger partial charge in [0.2, 0.25) is 0 Å². The Morgan fingerprint density at radius 3 is 2.24 bits per heavy atom. The highest BCUT2D eigenvalue weighted by Crippen LogP contribution is 2.13. The Balaban J connectivity index is 2.52. The summed E-state index contributed by atoms with van der Waals surface area (Å²) in [5.41, 5.74) is 8.79. The number of hydrogen-bond donors (Lipinski definition) is 1. The smallest absolute Gasteiger partial charge is 0.0593 e. The standard InChI is InChI=1S/C17H30N2O2/c1-4-20-11-9-19(10-12-21-5-2)14-17(18)16-8-6-7-15(3)13-16/h6-8,13,17H,4-5,9-12,14,18H2,1-3H3. The van der Waals surface area contributed by atoms with E-state index in [4.69, 9.17) is 15.2 Å². The maximum absolute atomic E-state index is 6.35. The van der Waals surface area contributed by atoms with E-state index in [0.717, 1.165) is 46.1 Å². The topological polar surface area (TPSA) is 47.7 Å². The second kappa shape index (κ2) is 10.7. The highest BCUT2D eigenvalue weighted by molar-refractivity contribution is 5.25. The molecule has 1 aromatic rings. The van der Waals surface area contributed by atoms with Gasteiger partial charge in [0.1, 0.15) is 0 Å².